The molecule has 2 atom stereocenters. The highest BCUT2D eigenvalue weighted by atomic mass is 16.2. The molecule has 11 heavy (non-hydrogen) atoms. The molecule has 0 aromatic heterocycles. The normalized spacial score (nSPS) is 35.9. The lowest BCUT2D eigenvalue weighted by Gasteiger charge is -2.13. The minimum absolute atomic E-state index is 0.146. The maximum atomic E-state index is 11.5. The summed E-state index contributed by atoms with van der Waals surface area (Å²) in [6.45, 7) is 4.01. The Morgan fingerprint density at radius 1 is 1.45 bits per heavy atom. The van der Waals surface area contributed by atoms with Crippen LogP contribution in [0.15, 0.2) is 0 Å². The predicted octanol–water partition coefficient (Wildman–Crippen LogP) is -0.0309. The molecule has 3 heteroatoms. The minimum atomic E-state index is 0.146. The third-order valence-electron chi connectivity index (χ3n) is 2.52. The van der Waals surface area contributed by atoms with E-state index >= 15 is 0 Å². The molecule has 1 N–H and O–H groups in total. The van der Waals surface area contributed by atoms with Crippen molar-refractivity contribution in [1.29, 1.82) is 0 Å². The van der Waals surface area contributed by atoms with Gasteiger partial charge in [0.25, 0.3) is 0 Å². The second kappa shape index (κ2) is 2.48. The number of carbonyl (C=O) groups excluding carboxylic acids is 1. The molecule has 0 radical (unpaired) electrons. The Bertz CT molecular complexity index is 175. The third-order valence-corrected chi connectivity index (χ3v) is 2.52. The van der Waals surface area contributed by atoms with E-state index < -0.39 is 0 Å². The lowest BCUT2D eigenvalue weighted by atomic mass is 10.3. The molecule has 0 saturated carbocycles. The summed E-state index contributed by atoms with van der Waals surface area (Å²) in [5.41, 5.74) is 0. The Hall–Kier alpha value is -0.570. The number of likely N-dealkylation sites (tertiary alicyclic amines) is 1. The quantitative estimate of drug-likeness (QED) is 0.539. The van der Waals surface area contributed by atoms with Crippen molar-refractivity contribution in [1.82, 2.24) is 10.2 Å². The summed E-state index contributed by atoms with van der Waals surface area (Å²) in [6, 6.07) is 0.566. The van der Waals surface area contributed by atoms with Gasteiger partial charge in [-0.1, -0.05) is 0 Å². The van der Waals surface area contributed by atoms with Gasteiger partial charge in [0, 0.05) is 19.1 Å². The Kier molecular flexibility index (Phi) is 1.60. The smallest absolute Gasteiger partial charge is 0.241 e. The molecule has 2 saturated heterocycles. The molecule has 0 unspecified atom stereocenters. The fourth-order valence-electron chi connectivity index (χ4n) is 1.65. The topological polar surface area (TPSA) is 42.3 Å². The molecule has 0 bridgehead atoms. The molecule has 0 aromatic carbocycles. The van der Waals surface area contributed by atoms with Gasteiger partial charge in [-0.05, 0) is 19.8 Å². The van der Waals surface area contributed by atoms with E-state index in [2.05, 4.69) is 12.2 Å². The molecule has 62 valence electrons. The van der Waals surface area contributed by atoms with E-state index in [0.29, 0.717) is 11.9 Å². The van der Waals surface area contributed by atoms with E-state index in [1.165, 1.54) is 12.8 Å². The minimum Gasteiger partial charge on any atom is -0.341 e. The van der Waals surface area contributed by atoms with Gasteiger partial charge in [-0.3, -0.25) is 10.1 Å². The van der Waals surface area contributed by atoms with Gasteiger partial charge in [0.05, 0.1) is 0 Å². The summed E-state index contributed by atoms with van der Waals surface area (Å²) in [6.07, 6.45) is 2.37. The van der Waals surface area contributed by atoms with Gasteiger partial charge in [-0.15, -0.1) is 0 Å². The number of amides is 1. The van der Waals surface area contributed by atoms with E-state index in [1.807, 2.05) is 4.90 Å². The van der Waals surface area contributed by atoms with E-state index in [1.54, 1.807) is 0 Å². The molecular weight excluding hydrogens is 140 g/mol. The molecule has 3 nitrogen and oxygen atoms in total. The van der Waals surface area contributed by atoms with Crippen molar-refractivity contribution in [2.24, 2.45) is 0 Å². The Balaban J connectivity index is 1.89. The monoisotopic (exact) mass is 154 g/mol. The Morgan fingerprint density at radius 3 is 2.45 bits per heavy atom. The van der Waals surface area contributed by atoms with E-state index in [4.69, 9.17) is 0 Å². The second-order valence-corrected chi connectivity index (χ2v) is 3.47. The number of nitrogens with one attached hydrogen (secondary N) is 1. The standard InChI is InChI=1S/C8H14N2O/c1-6-7(9-6)8(11)10-4-2-3-5-10/h6-7,9H,2-5H2,1H3/t6-,7+/m0/s1. The van der Waals surface area contributed by atoms with Gasteiger partial charge in [0.1, 0.15) is 6.04 Å². The van der Waals surface area contributed by atoms with Gasteiger partial charge >= 0.3 is 0 Å². The molecule has 0 spiro atoms. The average molecular weight is 154 g/mol. The molecular formula is C8H14N2O. The zero-order chi connectivity index (χ0) is 7.84. The summed E-state index contributed by atoms with van der Waals surface area (Å²) < 4.78 is 0. The highest BCUT2D eigenvalue weighted by Gasteiger charge is 2.41. The number of hydrogen-bond acceptors (Lipinski definition) is 2. The molecule has 0 aliphatic carbocycles. The fraction of sp³-hybridized carbons (Fsp3) is 0.875. The van der Waals surface area contributed by atoms with Gasteiger partial charge < -0.3 is 4.90 Å². The molecule has 2 rings (SSSR count). The SMILES string of the molecule is C[C@@H]1N[C@H]1C(=O)N1CCCC1. The lowest BCUT2D eigenvalue weighted by Crippen LogP contribution is -2.33. The number of hydrogen-bond donors (Lipinski definition) is 1. The molecule has 1 amide bonds. The van der Waals surface area contributed by atoms with Crippen LogP contribution in [0.3, 0.4) is 0 Å². The van der Waals surface area contributed by atoms with Gasteiger partial charge in [-0.2, -0.15) is 0 Å². The predicted molar refractivity (Wildman–Crippen MR) is 42.2 cm³/mol. The van der Waals surface area contributed by atoms with Crippen molar-refractivity contribution in [3.63, 3.8) is 0 Å². The average Bonchev–Trinajstić information content (AvgIpc) is 2.56. The van der Waals surface area contributed by atoms with Crippen LogP contribution < -0.4 is 5.32 Å². The summed E-state index contributed by atoms with van der Waals surface area (Å²) >= 11 is 0. The van der Waals surface area contributed by atoms with E-state index in [9.17, 15) is 4.79 Å². The molecule has 2 heterocycles. The van der Waals surface area contributed by atoms with Crippen molar-refractivity contribution in [3.8, 4) is 0 Å². The highest BCUT2D eigenvalue weighted by Crippen LogP contribution is 2.16. The first-order valence-electron chi connectivity index (χ1n) is 4.34. The Labute approximate surface area is 66.8 Å². The van der Waals surface area contributed by atoms with Gasteiger partial charge in [0.15, 0.2) is 0 Å². The fourth-order valence-corrected chi connectivity index (χ4v) is 1.65. The summed E-state index contributed by atoms with van der Waals surface area (Å²) in [5, 5.41) is 3.12. The van der Waals surface area contributed by atoms with Crippen molar-refractivity contribution < 1.29 is 4.79 Å². The number of nitrogens with zero attached hydrogens (tertiary/aromatic N) is 1. The van der Waals surface area contributed by atoms with Crippen LogP contribution in [0.4, 0.5) is 0 Å². The van der Waals surface area contributed by atoms with Crippen LogP contribution in [0, 0.1) is 0 Å². The van der Waals surface area contributed by atoms with Crippen LogP contribution >= 0.6 is 0 Å². The second-order valence-electron chi connectivity index (χ2n) is 3.47. The third kappa shape index (κ3) is 1.25. The number of rotatable bonds is 1. The zero-order valence-corrected chi connectivity index (χ0v) is 6.84. The van der Waals surface area contributed by atoms with Crippen LogP contribution in [0.25, 0.3) is 0 Å². The molecule has 0 aromatic rings. The van der Waals surface area contributed by atoms with Crippen molar-refractivity contribution in [2.45, 2.75) is 31.8 Å². The van der Waals surface area contributed by atoms with Crippen LogP contribution in [-0.4, -0.2) is 36.0 Å². The van der Waals surface area contributed by atoms with Gasteiger partial charge in [-0.25, -0.2) is 0 Å². The van der Waals surface area contributed by atoms with Crippen molar-refractivity contribution >= 4 is 5.91 Å². The summed E-state index contributed by atoms with van der Waals surface area (Å²) in [4.78, 5) is 13.5. The largest absolute Gasteiger partial charge is 0.341 e. The Morgan fingerprint density at radius 2 is 2.00 bits per heavy atom. The first-order valence-corrected chi connectivity index (χ1v) is 4.34. The molecule has 2 fully saturated rings. The maximum Gasteiger partial charge on any atom is 0.241 e. The van der Waals surface area contributed by atoms with E-state index in [0.717, 1.165) is 13.1 Å². The zero-order valence-electron chi connectivity index (χ0n) is 6.84. The summed E-state index contributed by atoms with van der Waals surface area (Å²) in [5.74, 6) is 0.315. The lowest BCUT2D eigenvalue weighted by molar-refractivity contribution is -0.129. The highest BCUT2D eigenvalue weighted by molar-refractivity contribution is 5.85. The van der Waals surface area contributed by atoms with Gasteiger partial charge in [0.2, 0.25) is 5.91 Å². The van der Waals surface area contributed by atoms with Crippen LogP contribution in [-0.2, 0) is 4.79 Å². The van der Waals surface area contributed by atoms with E-state index in [-0.39, 0.29) is 6.04 Å². The molecule has 2 aliphatic rings. The van der Waals surface area contributed by atoms with Crippen molar-refractivity contribution in [3.05, 3.63) is 0 Å². The first-order chi connectivity index (χ1) is 5.29. The van der Waals surface area contributed by atoms with Crippen LogP contribution in [0.2, 0.25) is 0 Å². The number of carbonyl (C=O) groups is 1. The van der Waals surface area contributed by atoms with Crippen LogP contribution in [0.1, 0.15) is 19.8 Å². The maximum absolute atomic E-state index is 11.5. The van der Waals surface area contributed by atoms with Crippen LogP contribution in [0.5, 0.6) is 0 Å². The first kappa shape index (κ1) is 7.10. The molecule has 2 aliphatic heterocycles. The summed E-state index contributed by atoms with van der Waals surface area (Å²) in [7, 11) is 0. The van der Waals surface area contributed by atoms with Crippen molar-refractivity contribution in [2.75, 3.05) is 13.1 Å².